The number of quaternary nitrogens is 1. The smallest absolute Gasteiger partial charge is 0.349 e. The highest BCUT2D eigenvalue weighted by Gasteiger charge is 2.71. The van der Waals surface area contributed by atoms with Crippen LogP contribution in [0.5, 0.6) is 0 Å². The van der Waals surface area contributed by atoms with Crippen molar-refractivity contribution in [1.82, 2.24) is 0 Å². The van der Waals surface area contributed by atoms with Gasteiger partial charge in [-0.05, 0) is 22.8 Å². The van der Waals surface area contributed by atoms with Gasteiger partial charge in [0.1, 0.15) is 30.3 Å². The van der Waals surface area contributed by atoms with Crippen molar-refractivity contribution < 1.29 is 48.5 Å². The Morgan fingerprint density at radius 2 is 1.96 bits per heavy atom. The standard InChI is InChI=1S/C19H22NO4S2/c1-20(2)12-9-11(10-13(20)17-16(12)24-17)23-18(21)19(22,14-5-3-7-25-14)15-6-4-8-26-15/h3-8,11-13,16-17,22H,9-10H2,1-2H3/q+1/i1D3,3D,4D,5D,6D,7D,8D,9D2,10D2,11D,12D,13D,16D,17D. The zero-order valence-electron chi connectivity index (χ0n) is 30.9. The lowest BCUT2D eigenvalue weighted by atomic mass is 9.95. The van der Waals surface area contributed by atoms with Crippen LogP contribution in [0.3, 0.4) is 0 Å². The Bertz CT molecular complexity index is 1550. The lowest BCUT2D eigenvalue weighted by Crippen LogP contribution is -2.60. The Labute approximate surface area is 185 Å². The molecule has 1 N–H and O–H groups in total. The Morgan fingerprint density at radius 1 is 1.38 bits per heavy atom. The molecule has 26 heavy (non-hydrogen) atoms. The predicted molar refractivity (Wildman–Crippen MR) is 99.1 cm³/mol. The largest absolute Gasteiger partial charge is 0.459 e. The van der Waals surface area contributed by atoms with Crippen molar-refractivity contribution in [2.24, 2.45) is 0 Å². The highest BCUT2D eigenvalue weighted by Crippen LogP contribution is 2.52. The Balaban J connectivity index is 1.80. The minimum absolute atomic E-state index is 0.138. The van der Waals surface area contributed by atoms with Crippen LogP contribution in [0.2, 0.25) is 0 Å². The first kappa shape index (κ1) is 6.39. The molecular formula is C19H22NO4S2+. The van der Waals surface area contributed by atoms with E-state index in [1.54, 1.807) is 0 Å². The van der Waals surface area contributed by atoms with Gasteiger partial charge >= 0.3 is 5.97 Å². The van der Waals surface area contributed by atoms with Crippen LogP contribution in [-0.2, 0) is 19.9 Å². The molecule has 0 spiro atoms. The molecule has 0 aliphatic carbocycles. The second kappa shape index (κ2) is 5.62. The molecule has 3 aliphatic rings. The van der Waals surface area contributed by atoms with Crippen molar-refractivity contribution in [1.29, 1.82) is 0 Å². The SMILES string of the molecule is [2H]c1sc(C(O)(C(=O)OC2([2H])C([2H])([2H])C3([2H])C4([2H])OC4([2H])C([2H])(C2([2H])[2H])[N+]3(C)C([2H])([2H])[2H])c2sc([2H])c([2H])c2[2H])c([2H])c1[2H]. The van der Waals surface area contributed by atoms with Crippen LogP contribution in [0.1, 0.15) is 47.2 Å². The molecule has 0 saturated carbocycles. The Morgan fingerprint density at radius 3 is 2.42 bits per heavy atom. The quantitative estimate of drug-likeness (QED) is 0.478. The van der Waals surface area contributed by atoms with E-state index in [2.05, 4.69) is 0 Å². The Hall–Kier alpha value is -1.25. The third-order valence-corrected chi connectivity index (χ3v) is 5.68. The van der Waals surface area contributed by atoms with E-state index in [1.165, 1.54) is 0 Å². The molecule has 138 valence electrons. The summed E-state index contributed by atoms with van der Waals surface area (Å²) >= 11 is 0.277. The summed E-state index contributed by atoms with van der Waals surface area (Å²) in [4.78, 5) is 12.2. The number of piperidine rings is 1. The highest BCUT2D eigenvalue weighted by molar-refractivity contribution is 7.12. The van der Waals surface area contributed by atoms with Gasteiger partial charge in [0, 0.05) is 18.2 Å². The van der Waals surface area contributed by atoms with Gasteiger partial charge in [-0.1, -0.05) is 12.1 Å². The van der Waals surface area contributed by atoms with Crippen LogP contribution in [-0.4, -0.2) is 59.9 Å². The molecule has 5 heterocycles. The van der Waals surface area contributed by atoms with E-state index in [1.807, 2.05) is 0 Å². The number of nitrogens with zero attached hydrogens (tertiary/aromatic N) is 1. The van der Waals surface area contributed by atoms with Crippen LogP contribution in [0.25, 0.3) is 0 Å². The van der Waals surface area contributed by atoms with Crippen molar-refractivity contribution in [3.05, 3.63) is 44.6 Å². The molecule has 0 amide bonds. The number of fused-ring (bicyclic) bond motifs is 5. The van der Waals surface area contributed by atoms with Gasteiger partial charge in [-0.25, -0.2) is 4.79 Å². The van der Waals surface area contributed by atoms with E-state index in [-0.39, 0.29) is 22.7 Å². The number of morpholine rings is 1. The van der Waals surface area contributed by atoms with Crippen LogP contribution in [0, 0.1) is 0 Å². The van der Waals surface area contributed by atoms with Gasteiger partial charge in [0.2, 0.25) is 5.60 Å². The lowest BCUT2D eigenvalue weighted by Gasteiger charge is -2.45. The fourth-order valence-corrected chi connectivity index (χ4v) is 4.04. The summed E-state index contributed by atoms with van der Waals surface area (Å²) in [5.74, 6) is -2.26. The molecule has 4 unspecified atom stereocenters. The number of carbonyl (C=O) groups excluding carboxylic acids is 1. The highest BCUT2D eigenvalue weighted by atomic mass is 32.1. The van der Waals surface area contributed by atoms with Gasteiger partial charge in [0.25, 0.3) is 0 Å². The summed E-state index contributed by atoms with van der Waals surface area (Å²) in [5, 5.41) is 10.5. The lowest BCUT2D eigenvalue weighted by molar-refractivity contribution is -0.938. The van der Waals surface area contributed by atoms with Crippen LogP contribution in [0.15, 0.2) is 34.9 Å². The molecule has 2 aromatic heterocycles. The van der Waals surface area contributed by atoms with Crippen LogP contribution in [0.4, 0.5) is 0 Å². The van der Waals surface area contributed by atoms with E-state index >= 15 is 0 Å². The van der Waals surface area contributed by atoms with Crippen molar-refractivity contribution in [2.45, 2.75) is 48.6 Å². The number of aliphatic hydroxyl groups is 1. The molecule has 2 aromatic rings. The summed E-state index contributed by atoms with van der Waals surface area (Å²) in [5.41, 5.74) is -3.56. The van der Waals surface area contributed by atoms with E-state index < -0.39 is 111 Å². The second-order valence-corrected chi connectivity index (χ2v) is 7.34. The average Bonchev–Trinajstić information content (AvgIpc) is 3.25. The fraction of sp³-hybridized carbons (Fsp3) is 0.526. The summed E-state index contributed by atoms with van der Waals surface area (Å²) in [6.45, 7) is -3.70. The molecule has 5 rings (SSSR count). The van der Waals surface area contributed by atoms with Gasteiger partial charge in [-0.2, -0.15) is 0 Å². The third-order valence-electron chi connectivity index (χ3n) is 4.06. The van der Waals surface area contributed by atoms with Gasteiger partial charge in [-0.3, -0.25) is 0 Å². The Kier molecular flexibility index (Phi) is 1.38. The molecule has 0 radical (unpaired) electrons. The maximum absolute atomic E-state index is 14.0. The van der Waals surface area contributed by atoms with E-state index in [0.717, 1.165) is 0 Å². The molecule has 3 aliphatic heterocycles. The van der Waals surface area contributed by atoms with Gasteiger partial charge < -0.3 is 19.1 Å². The topological polar surface area (TPSA) is 59.1 Å². The minimum Gasteiger partial charge on any atom is -0.459 e. The summed E-state index contributed by atoms with van der Waals surface area (Å²) in [7, 11) is 0.537. The number of thiophene rings is 2. The molecule has 0 aromatic carbocycles. The van der Waals surface area contributed by atoms with Crippen LogP contribution < -0.4 is 0 Å². The summed E-state index contributed by atoms with van der Waals surface area (Å²) in [6.07, 6.45) is -19.2. The fourth-order valence-electron chi connectivity index (χ4n) is 2.69. The third kappa shape index (κ3) is 2.28. The maximum atomic E-state index is 14.0. The molecule has 4 atom stereocenters. The molecule has 2 bridgehead atoms. The number of hydrogen-bond donors (Lipinski definition) is 1. The van der Waals surface area contributed by atoms with Crippen molar-refractivity contribution in [2.75, 3.05) is 14.0 Å². The molecule has 7 heteroatoms. The average molecular weight is 411 g/mol. The minimum atomic E-state index is -4.24. The maximum Gasteiger partial charge on any atom is 0.349 e. The van der Waals surface area contributed by atoms with Crippen LogP contribution >= 0.6 is 22.7 Å². The number of likely N-dealkylation sites (N-methyl/N-ethyl adjacent to an activating group) is 1. The molecule has 3 saturated heterocycles. The van der Waals surface area contributed by atoms with Gasteiger partial charge in [-0.15, -0.1) is 22.7 Å². The van der Waals surface area contributed by atoms with Gasteiger partial charge in [0.05, 0.1) is 43.0 Å². The zero-order chi connectivity index (χ0) is 34.0. The number of epoxide rings is 1. The van der Waals surface area contributed by atoms with E-state index in [4.69, 9.17) is 34.1 Å². The van der Waals surface area contributed by atoms with E-state index in [9.17, 15) is 9.90 Å². The van der Waals surface area contributed by atoms with Crippen molar-refractivity contribution >= 4 is 28.6 Å². The molecule has 5 nitrogen and oxygen atoms in total. The number of rotatable bonds is 4. The monoisotopic (exact) mass is 410 g/mol. The van der Waals surface area contributed by atoms with Crippen molar-refractivity contribution in [3.8, 4) is 0 Å². The summed E-state index contributed by atoms with van der Waals surface area (Å²) in [6, 6.07) is -11.2. The first-order valence-electron chi connectivity index (χ1n) is 16.2. The number of esters is 1. The predicted octanol–water partition coefficient (Wildman–Crippen LogP) is 2.35. The molecule has 3 fully saturated rings. The second-order valence-electron chi connectivity index (χ2n) is 5.71. The normalized spacial score (nSPS) is 66.5. The number of hydrogen-bond acceptors (Lipinski definition) is 6. The number of carbonyl (C=O) groups is 1. The molecular weight excluding hydrogens is 370 g/mol. The van der Waals surface area contributed by atoms with Gasteiger partial charge in [0.15, 0.2) is 0 Å². The first-order chi connectivity index (χ1) is 19.5. The van der Waals surface area contributed by atoms with E-state index in [0.29, 0.717) is 7.05 Å². The summed E-state index contributed by atoms with van der Waals surface area (Å²) < 4.78 is 160. The zero-order valence-corrected chi connectivity index (χ0v) is 14.6. The van der Waals surface area contributed by atoms with Crippen molar-refractivity contribution in [3.63, 3.8) is 0 Å². The first-order valence-corrected chi connectivity index (χ1v) is 8.81. The number of ether oxygens (including phenoxy) is 2.